The van der Waals surface area contributed by atoms with Crippen molar-refractivity contribution in [2.24, 2.45) is 5.73 Å². The summed E-state index contributed by atoms with van der Waals surface area (Å²) >= 11 is 0. The van der Waals surface area contributed by atoms with E-state index in [4.69, 9.17) is 15.9 Å². The number of nitrogens with zero attached hydrogens (tertiary/aromatic N) is 1. The molecule has 0 aliphatic rings. The van der Waals surface area contributed by atoms with Crippen molar-refractivity contribution in [3.8, 4) is 5.75 Å². The Kier molecular flexibility index (Phi) is 9.92. The first-order valence-corrected chi connectivity index (χ1v) is 10.8. The molecule has 3 amide bonds. The van der Waals surface area contributed by atoms with E-state index in [-0.39, 0.29) is 18.6 Å². The maximum Gasteiger partial charge on any atom is 0.326 e. The van der Waals surface area contributed by atoms with E-state index >= 15 is 0 Å². The molecule has 0 spiro atoms. The molecule has 14 nitrogen and oxygen atoms in total. The lowest BCUT2D eigenvalue weighted by atomic mass is 10.0. The molecule has 0 saturated carbocycles. The second-order valence-corrected chi connectivity index (χ2v) is 8.05. The molecule has 0 aliphatic carbocycles. The van der Waals surface area contributed by atoms with Crippen molar-refractivity contribution in [3.63, 3.8) is 0 Å². The van der Waals surface area contributed by atoms with Crippen LogP contribution in [0.2, 0.25) is 0 Å². The monoisotopic (exact) mass is 504 g/mol. The number of carboxylic acids is 2. The van der Waals surface area contributed by atoms with Crippen LogP contribution in [0.4, 0.5) is 0 Å². The van der Waals surface area contributed by atoms with Crippen molar-refractivity contribution >= 4 is 29.7 Å². The zero-order valence-electron chi connectivity index (χ0n) is 19.3. The van der Waals surface area contributed by atoms with E-state index in [1.165, 1.54) is 31.6 Å². The molecule has 2 aromatic rings. The number of carbonyl (C=O) groups excluding carboxylic acids is 3. The predicted molar refractivity (Wildman–Crippen MR) is 123 cm³/mol. The van der Waals surface area contributed by atoms with Crippen LogP contribution in [0.15, 0.2) is 36.8 Å². The van der Waals surface area contributed by atoms with E-state index < -0.39 is 60.2 Å². The lowest BCUT2D eigenvalue weighted by molar-refractivity contribution is -0.147. The lowest BCUT2D eigenvalue weighted by Crippen LogP contribution is -2.57. The third-order valence-electron chi connectivity index (χ3n) is 5.09. The maximum absolute atomic E-state index is 13.0. The van der Waals surface area contributed by atoms with Crippen LogP contribution in [-0.2, 0) is 36.8 Å². The number of aromatic amines is 1. The number of nitrogens with one attached hydrogen (secondary N) is 4. The number of carboxylic acid groups (broad SMARTS) is 2. The van der Waals surface area contributed by atoms with Gasteiger partial charge in [-0.1, -0.05) is 12.1 Å². The summed E-state index contributed by atoms with van der Waals surface area (Å²) in [6.45, 7) is 1.27. The number of phenols is 1. The first-order valence-electron chi connectivity index (χ1n) is 10.8. The summed E-state index contributed by atoms with van der Waals surface area (Å²) in [5.74, 6) is -5.31. The Morgan fingerprint density at radius 1 is 0.944 bits per heavy atom. The second kappa shape index (κ2) is 12.9. The van der Waals surface area contributed by atoms with Crippen LogP contribution in [0.3, 0.4) is 0 Å². The van der Waals surface area contributed by atoms with E-state index in [1.54, 1.807) is 12.1 Å². The van der Waals surface area contributed by atoms with Gasteiger partial charge in [0.1, 0.15) is 23.9 Å². The number of phenolic OH excluding ortho intramolecular Hbond substituents is 1. The first-order chi connectivity index (χ1) is 17.0. The number of nitrogens with two attached hydrogens (primary N) is 1. The van der Waals surface area contributed by atoms with E-state index in [0.29, 0.717) is 11.3 Å². The SMILES string of the molecule is CC(NC(=O)C(Cc1ccc(O)cc1)NC(=O)C(N)Cc1cnc[nH]1)C(=O)NC(CC(=O)O)C(=O)O. The van der Waals surface area contributed by atoms with Gasteiger partial charge in [0.25, 0.3) is 0 Å². The van der Waals surface area contributed by atoms with Crippen molar-refractivity contribution in [1.29, 1.82) is 0 Å². The lowest BCUT2D eigenvalue weighted by Gasteiger charge is -2.23. The summed E-state index contributed by atoms with van der Waals surface area (Å²) in [5, 5.41) is 34.4. The normalized spacial score (nSPS) is 14.1. The summed E-state index contributed by atoms with van der Waals surface area (Å²) in [6, 6.07) is 0.750. The average molecular weight is 505 g/mol. The quantitative estimate of drug-likeness (QED) is 0.153. The zero-order valence-corrected chi connectivity index (χ0v) is 19.3. The molecule has 0 fully saturated rings. The Bertz CT molecular complexity index is 1070. The summed E-state index contributed by atoms with van der Waals surface area (Å²) in [6.07, 6.45) is 2.19. The van der Waals surface area contributed by atoms with Crippen molar-refractivity contribution < 1.29 is 39.3 Å². The molecule has 0 aliphatic heterocycles. The Morgan fingerprint density at radius 2 is 1.58 bits per heavy atom. The van der Waals surface area contributed by atoms with Gasteiger partial charge in [-0.3, -0.25) is 19.2 Å². The molecule has 9 N–H and O–H groups in total. The summed E-state index contributed by atoms with van der Waals surface area (Å²) in [7, 11) is 0. The average Bonchev–Trinajstić information content (AvgIpc) is 3.31. The molecule has 14 heteroatoms. The molecule has 0 saturated heterocycles. The highest BCUT2D eigenvalue weighted by molar-refractivity contribution is 5.94. The van der Waals surface area contributed by atoms with Crippen LogP contribution in [-0.4, -0.2) is 79.1 Å². The van der Waals surface area contributed by atoms with Gasteiger partial charge in [0.2, 0.25) is 17.7 Å². The molecule has 0 bridgehead atoms. The minimum atomic E-state index is -1.69. The molecule has 4 atom stereocenters. The number of aliphatic carboxylic acids is 2. The van der Waals surface area contributed by atoms with Gasteiger partial charge in [0.05, 0.1) is 18.8 Å². The highest BCUT2D eigenvalue weighted by atomic mass is 16.4. The minimum absolute atomic E-state index is 0.00463. The fourth-order valence-electron chi connectivity index (χ4n) is 3.13. The van der Waals surface area contributed by atoms with Gasteiger partial charge in [0.15, 0.2) is 0 Å². The highest BCUT2D eigenvalue weighted by Gasteiger charge is 2.29. The van der Waals surface area contributed by atoms with Crippen LogP contribution >= 0.6 is 0 Å². The van der Waals surface area contributed by atoms with Crippen LogP contribution in [0.5, 0.6) is 5.75 Å². The zero-order chi connectivity index (χ0) is 26.8. The van der Waals surface area contributed by atoms with Crippen LogP contribution in [0.25, 0.3) is 0 Å². The van der Waals surface area contributed by atoms with Gasteiger partial charge in [0, 0.05) is 24.7 Å². The number of benzene rings is 1. The fourth-order valence-corrected chi connectivity index (χ4v) is 3.13. The molecular weight excluding hydrogens is 476 g/mol. The molecule has 1 aromatic heterocycles. The number of aromatic nitrogens is 2. The van der Waals surface area contributed by atoms with Crippen LogP contribution < -0.4 is 21.7 Å². The van der Waals surface area contributed by atoms with E-state index in [0.717, 1.165) is 0 Å². The third-order valence-corrected chi connectivity index (χ3v) is 5.09. The van der Waals surface area contributed by atoms with Crippen molar-refractivity contribution in [1.82, 2.24) is 25.9 Å². The molecule has 4 unspecified atom stereocenters. The van der Waals surface area contributed by atoms with Crippen LogP contribution in [0.1, 0.15) is 24.6 Å². The first kappa shape index (κ1) is 27.8. The number of rotatable bonds is 13. The maximum atomic E-state index is 13.0. The van der Waals surface area contributed by atoms with Crippen LogP contribution in [0, 0.1) is 0 Å². The van der Waals surface area contributed by atoms with Gasteiger partial charge >= 0.3 is 11.9 Å². The van der Waals surface area contributed by atoms with Gasteiger partial charge in [-0.15, -0.1) is 0 Å². The van der Waals surface area contributed by atoms with Crippen molar-refractivity contribution in [2.45, 2.75) is 50.4 Å². The summed E-state index contributed by atoms with van der Waals surface area (Å²) in [5.41, 5.74) is 7.14. The second-order valence-electron chi connectivity index (χ2n) is 8.05. The molecule has 36 heavy (non-hydrogen) atoms. The third kappa shape index (κ3) is 8.72. The number of hydrogen-bond acceptors (Lipinski definition) is 8. The molecule has 194 valence electrons. The molecular formula is C22H28N6O8. The summed E-state index contributed by atoms with van der Waals surface area (Å²) < 4.78 is 0. The summed E-state index contributed by atoms with van der Waals surface area (Å²) in [4.78, 5) is 66.7. The Labute approximate surface area is 205 Å². The van der Waals surface area contributed by atoms with Gasteiger partial charge in [-0.25, -0.2) is 9.78 Å². The van der Waals surface area contributed by atoms with Crippen molar-refractivity contribution in [3.05, 3.63) is 48.0 Å². The van der Waals surface area contributed by atoms with E-state index in [1.807, 2.05) is 0 Å². The smallest absolute Gasteiger partial charge is 0.326 e. The standard InChI is InChI=1S/C22H28N6O8/c1-11(19(32)28-17(22(35)36)8-18(30)31)26-21(34)16(6-12-2-4-14(29)5-3-12)27-20(33)15(23)7-13-9-24-10-25-13/h2-5,9-11,15-17,29H,6-8,23H2,1H3,(H,24,25)(H,26,34)(H,27,33)(H,28,32)(H,30,31)(H,35,36). The van der Waals surface area contributed by atoms with Crippen molar-refractivity contribution in [2.75, 3.05) is 0 Å². The predicted octanol–water partition coefficient (Wildman–Crippen LogP) is -1.74. The molecule has 0 radical (unpaired) electrons. The Morgan fingerprint density at radius 3 is 2.14 bits per heavy atom. The number of H-pyrrole nitrogens is 1. The fraction of sp³-hybridized carbons (Fsp3) is 0.364. The number of imidazole rings is 1. The van der Waals surface area contributed by atoms with Gasteiger partial charge in [-0.2, -0.15) is 0 Å². The molecule has 2 rings (SSSR count). The largest absolute Gasteiger partial charge is 0.508 e. The van der Waals surface area contributed by atoms with Gasteiger partial charge in [-0.05, 0) is 24.6 Å². The number of amides is 3. The van der Waals surface area contributed by atoms with E-state index in [9.17, 15) is 29.1 Å². The minimum Gasteiger partial charge on any atom is -0.508 e. The highest BCUT2D eigenvalue weighted by Crippen LogP contribution is 2.12. The Balaban J connectivity index is 2.10. The topological polar surface area (TPSA) is 237 Å². The van der Waals surface area contributed by atoms with E-state index in [2.05, 4.69) is 25.9 Å². The molecule has 1 heterocycles. The number of hydrogen-bond donors (Lipinski definition) is 8. The molecule has 1 aromatic carbocycles. The number of aromatic hydroxyl groups is 1. The Hall–Kier alpha value is -4.46. The van der Waals surface area contributed by atoms with Gasteiger partial charge < -0.3 is 42.0 Å². The number of carbonyl (C=O) groups is 5.